The lowest BCUT2D eigenvalue weighted by Gasteiger charge is -2.29. The van der Waals surface area contributed by atoms with Crippen LogP contribution in [0, 0.1) is 5.92 Å². The van der Waals surface area contributed by atoms with E-state index in [-0.39, 0.29) is 33.1 Å². The lowest BCUT2D eigenvalue weighted by atomic mass is 9.86. The van der Waals surface area contributed by atoms with Gasteiger partial charge in [-0.2, -0.15) is 0 Å². The number of carbonyl (C=O) groups excluding carboxylic acids is 3. The molecule has 0 bridgehead atoms. The van der Waals surface area contributed by atoms with Gasteiger partial charge in [-0.05, 0) is 54.7 Å². The van der Waals surface area contributed by atoms with Crippen LogP contribution in [-0.2, 0) is 26.1 Å². The topological polar surface area (TPSA) is 131 Å². The fourth-order valence-corrected chi connectivity index (χ4v) is 5.18. The molecule has 2 aromatic rings. The van der Waals surface area contributed by atoms with Crippen molar-refractivity contribution in [1.82, 2.24) is 15.4 Å². The van der Waals surface area contributed by atoms with Crippen molar-refractivity contribution >= 4 is 51.1 Å². The van der Waals surface area contributed by atoms with E-state index in [4.69, 9.17) is 27.9 Å². The van der Waals surface area contributed by atoms with Crippen LogP contribution < -0.4 is 15.4 Å². The van der Waals surface area contributed by atoms with E-state index >= 15 is 0 Å². The van der Waals surface area contributed by atoms with Gasteiger partial charge in [0.2, 0.25) is 10.0 Å². The molecule has 194 valence electrons. The van der Waals surface area contributed by atoms with Crippen molar-refractivity contribution in [2.45, 2.75) is 50.1 Å². The van der Waals surface area contributed by atoms with Gasteiger partial charge in [0.25, 0.3) is 5.91 Å². The van der Waals surface area contributed by atoms with Crippen LogP contribution in [-0.4, -0.2) is 39.0 Å². The van der Waals surface area contributed by atoms with Crippen molar-refractivity contribution in [3.63, 3.8) is 0 Å². The summed E-state index contributed by atoms with van der Waals surface area (Å²) >= 11 is 11.7. The van der Waals surface area contributed by atoms with Crippen LogP contribution in [0.2, 0.25) is 10.0 Å². The second kappa shape index (κ2) is 12.5. The van der Waals surface area contributed by atoms with E-state index in [9.17, 15) is 22.8 Å². The van der Waals surface area contributed by atoms with Crippen molar-refractivity contribution in [3.05, 3.63) is 63.6 Å². The highest BCUT2D eigenvalue weighted by atomic mass is 35.5. The summed E-state index contributed by atoms with van der Waals surface area (Å²) in [6.07, 6.45) is 4.05. The zero-order valence-corrected chi connectivity index (χ0v) is 21.9. The van der Waals surface area contributed by atoms with Gasteiger partial charge in [-0.1, -0.05) is 55.1 Å². The number of rotatable bonds is 8. The Morgan fingerprint density at radius 3 is 2.36 bits per heavy atom. The highest BCUT2D eigenvalue weighted by Gasteiger charge is 2.23. The van der Waals surface area contributed by atoms with Crippen molar-refractivity contribution in [1.29, 1.82) is 0 Å². The third kappa shape index (κ3) is 7.92. The summed E-state index contributed by atoms with van der Waals surface area (Å²) in [5.74, 6) is -1.15. The van der Waals surface area contributed by atoms with E-state index in [0.717, 1.165) is 25.7 Å². The van der Waals surface area contributed by atoms with Gasteiger partial charge in [0.15, 0.2) is 6.61 Å². The van der Waals surface area contributed by atoms with Gasteiger partial charge >= 0.3 is 12.0 Å². The van der Waals surface area contributed by atoms with Gasteiger partial charge in [0, 0.05) is 12.6 Å². The predicted molar refractivity (Wildman–Crippen MR) is 135 cm³/mol. The summed E-state index contributed by atoms with van der Waals surface area (Å²) in [6.45, 7) is 1.41. The first-order valence-corrected chi connectivity index (χ1v) is 13.6. The first-order valence-electron chi connectivity index (χ1n) is 11.4. The molecule has 0 spiro atoms. The monoisotopic (exact) mass is 555 g/mol. The standard InChI is InChI=1S/C24H27Cl2N3O6S/c1-15-4-2-3-5-21(15)28-24(32)29-22(30)14-35-23(31)17-8-6-16(7-9-17)13-27-36(33,34)18-10-11-19(25)20(26)12-18/h6-12,15,21,27H,2-5,13-14H2,1H3,(H2,28,29,30,32)/t15-,21+/m1/s1. The van der Waals surface area contributed by atoms with Crippen LogP contribution >= 0.6 is 23.2 Å². The van der Waals surface area contributed by atoms with Crippen molar-refractivity contribution in [2.75, 3.05) is 6.61 Å². The number of urea groups is 1. The first-order chi connectivity index (χ1) is 17.0. The molecular formula is C24H27Cl2N3O6S. The maximum absolute atomic E-state index is 12.4. The molecule has 0 aliphatic heterocycles. The van der Waals surface area contributed by atoms with Crippen molar-refractivity contribution in [3.8, 4) is 0 Å². The van der Waals surface area contributed by atoms with Crippen molar-refractivity contribution in [2.24, 2.45) is 5.92 Å². The molecule has 3 N–H and O–H groups in total. The fourth-order valence-electron chi connectivity index (χ4n) is 3.78. The zero-order chi connectivity index (χ0) is 26.3. The van der Waals surface area contributed by atoms with Gasteiger partial charge < -0.3 is 10.1 Å². The van der Waals surface area contributed by atoms with E-state index in [1.54, 1.807) is 12.1 Å². The Balaban J connectivity index is 1.45. The number of sulfonamides is 1. The molecule has 1 aliphatic carbocycles. The number of carbonyl (C=O) groups is 3. The largest absolute Gasteiger partial charge is 0.452 e. The van der Waals surface area contributed by atoms with Gasteiger partial charge in [0.05, 0.1) is 20.5 Å². The van der Waals surface area contributed by atoms with Gasteiger partial charge in [-0.25, -0.2) is 22.7 Å². The summed E-state index contributed by atoms with van der Waals surface area (Å²) in [6, 6.07) is 9.37. The van der Waals surface area contributed by atoms with Crippen LogP contribution in [0.4, 0.5) is 4.79 Å². The Labute approximate surface area is 219 Å². The number of hydrogen-bond acceptors (Lipinski definition) is 6. The Bertz CT molecular complexity index is 1220. The highest BCUT2D eigenvalue weighted by molar-refractivity contribution is 7.89. The minimum Gasteiger partial charge on any atom is -0.452 e. The number of imide groups is 1. The molecule has 0 saturated heterocycles. The fraction of sp³-hybridized carbons (Fsp3) is 0.375. The smallest absolute Gasteiger partial charge is 0.338 e. The van der Waals surface area contributed by atoms with Gasteiger partial charge in [-0.15, -0.1) is 0 Å². The molecule has 1 fully saturated rings. The number of halogens is 2. The van der Waals surface area contributed by atoms with Crippen LogP contribution in [0.5, 0.6) is 0 Å². The van der Waals surface area contributed by atoms with Crippen LogP contribution in [0.25, 0.3) is 0 Å². The molecular weight excluding hydrogens is 529 g/mol. The molecule has 0 unspecified atom stereocenters. The third-order valence-corrected chi connectivity index (χ3v) is 8.01. The minimum absolute atomic E-state index is 0.0149. The molecule has 3 rings (SSSR count). The molecule has 0 radical (unpaired) electrons. The molecule has 2 atom stereocenters. The summed E-state index contributed by atoms with van der Waals surface area (Å²) in [4.78, 5) is 36.2. The van der Waals surface area contributed by atoms with Crippen LogP contribution in [0.3, 0.4) is 0 Å². The molecule has 2 aromatic carbocycles. The number of ether oxygens (including phenoxy) is 1. The minimum atomic E-state index is -3.83. The van der Waals surface area contributed by atoms with Crippen LogP contribution in [0.1, 0.15) is 48.5 Å². The third-order valence-electron chi connectivity index (χ3n) is 5.87. The van der Waals surface area contributed by atoms with E-state index in [0.29, 0.717) is 11.5 Å². The number of esters is 1. The molecule has 0 heterocycles. The first kappa shape index (κ1) is 27.9. The van der Waals surface area contributed by atoms with E-state index in [2.05, 4.69) is 22.3 Å². The average molecular weight is 556 g/mol. The van der Waals surface area contributed by atoms with Gasteiger partial charge in [0.1, 0.15) is 0 Å². The molecule has 1 aliphatic rings. The Kier molecular flexibility index (Phi) is 9.72. The van der Waals surface area contributed by atoms with Crippen molar-refractivity contribution < 1.29 is 27.5 Å². The highest BCUT2D eigenvalue weighted by Crippen LogP contribution is 2.25. The normalized spacial score (nSPS) is 17.8. The molecule has 3 amide bonds. The SMILES string of the molecule is C[C@@H]1CCCC[C@@H]1NC(=O)NC(=O)COC(=O)c1ccc(CNS(=O)(=O)c2ccc(Cl)c(Cl)c2)cc1. The Morgan fingerprint density at radius 1 is 1.00 bits per heavy atom. The van der Waals surface area contributed by atoms with E-state index in [1.807, 2.05) is 0 Å². The molecule has 1 saturated carbocycles. The second-order valence-corrected chi connectivity index (χ2v) is 11.1. The second-order valence-electron chi connectivity index (χ2n) is 8.56. The predicted octanol–water partition coefficient (Wildman–Crippen LogP) is 4.03. The van der Waals surface area contributed by atoms with E-state index in [1.165, 1.54) is 30.3 Å². The number of hydrogen-bond donors (Lipinski definition) is 3. The van der Waals surface area contributed by atoms with Crippen LogP contribution in [0.15, 0.2) is 47.4 Å². The number of amides is 3. The molecule has 9 nitrogen and oxygen atoms in total. The summed E-state index contributed by atoms with van der Waals surface area (Å²) < 4.78 is 32.3. The lowest BCUT2D eigenvalue weighted by molar-refractivity contribution is -0.123. The number of benzene rings is 2. The zero-order valence-electron chi connectivity index (χ0n) is 19.6. The summed E-state index contributed by atoms with van der Waals surface area (Å²) in [5, 5.41) is 5.32. The Morgan fingerprint density at radius 2 is 1.69 bits per heavy atom. The summed E-state index contributed by atoms with van der Waals surface area (Å²) in [5.41, 5.74) is 0.751. The quantitative estimate of drug-likeness (QED) is 0.421. The Hall–Kier alpha value is -2.66. The number of nitrogens with one attached hydrogen (secondary N) is 3. The maximum atomic E-state index is 12.4. The summed E-state index contributed by atoms with van der Waals surface area (Å²) in [7, 11) is -3.83. The average Bonchev–Trinajstić information content (AvgIpc) is 2.84. The maximum Gasteiger partial charge on any atom is 0.338 e. The van der Waals surface area contributed by atoms with Gasteiger partial charge in [-0.3, -0.25) is 10.1 Å². The van der Waals surface area contributed by atoms with E-state index < -0.39 is 34.5 Å². The lowest BCUT2D eigenvalue weighted by Crippen LogP contribution is -2.48. The molecule has 0 aromatic heterocycles. The molecule has 36 heavy (non-hydrogen) atoms. The molecule has 12 heteroatoms.